The minimum Gasteiger partial charge on any atom is -0.406 e. The van der Waals surface area contributed by atoms with E-state index >= 15 is 0 Å². The number of benzene rings is 2. The van der Waals surface area contributed by atoms with Gasteiger partial charge in [0.2, 0.25) is 10.0 Å². The molecule has 2 aromatic carbocycles. The first kappa shape index (κ1) is 22.9. The third-order valence-corrected chi connectivity index (χ3v) is 6.07. The van der Waals surface area contributed by atoms with Crippen molar-refractivity contribution in [1.82, 2.24) is 4.31 Å². The van der Waals surface area contributed by atoms with Gasteiger partial charge >= 0.3 is 6.36 Å². The number of alkyl halides is 3. The summed E-state index contributed by atoms with van der Waals surface area (Å²) in [5.41, 5.74) is 1.01. The van der Waals surface area contributed by atoms with Crippen LogP contribution in [0.4, 0.5) is 24.5 Å². The van der Waals surface area contributed by atoms with E-state index in [1.165, 1.54) is 28.6 Å². The Balaban J connectivity index is 1.99. The molecule has 0 fully saturated rings. The van der Waals surface area contributed by atoms with Crippen LogP contribution in [0.25, 0.3) is 0 Å². The molecule has 29 heavy (non-hydrogen) atoms. The summed E-state index contributed by atoms with van der Waals surface area (Å²) in [5, 5.41) is 5.89. The highest BCUT2D eigenvalue weighted by atomic mass is 32.2. The predicted molar refractivity (Wildman–Crippen MR) is 110 cm³/mol. The predicted octanol–water partition coefficient (Wildman–Crippen LogP) is 4.42. The number of thiocarbonyl (C=S) groups is 1. The zero-order valence-corrected chi connectivity index (χ0v) is 17.3. The lowest BCUT2D eigenvalue weighted by Gasteiger charge is -2.18. The fourth-order valence-electron chi connectivity index (χ4n) is 2.46. The van der Waals surface area contributed by atoms with Crippen LogP contribution < -0.4 is 15.4 Å². The van der Waals surface area contributed by atoms with E-state index in [1.807, 2.05) is 0 Å². The maximum Gasteiger partial charge on any atom is 0.573 e. The summed E-state index contributed by atoms with van der Waals surface area (Å²) in [6.07, 6.45) is -4.75. The van der Waals surface area contributed by atoms with Crippen molar-refractivity contribution in [2.75, 3.05) is 23.7 Å². The number of hydrogen-bond donors (Lipinski definition) is 2. The fourth-order valence-corrected chi connectivity index (χ4v) is 4.15. The lowest BCUT2D eigenvalue weighted by molar-refractivity contribution is -0.274. The lowest BCUT2D eigenvalue weighted by Crippen LogP contribution is -2.30. The van der Waals surface area contributed by atoms with Gasteiger partial charge in [-0.2, -0.15) is 4.31 Å². The zero-order chi connectivity index (χ0) is 21.7. The van der Waals surface area contributed by atoms with Crippen LogP contribution >= 0.6 is 12.2 Å². The number of nitrogens with zero attached hydrogens (tertiary/aromatic N) is 1. The number of anilines is 2. The van der Waals surface area contributed by atoms with E-state index in [1.54, 1.807) is 26.0 Å². The summed E-state index contributed by atoms with van der Waals surface area (Å²) in [4.78, 5) is 0.172. The van der Waals surface area contributed by atoms with Gasteiger partial charge in [-0.05, 0) is 60.7 Å². The highest BCUT2D eigenvalue weighted by Gasteiger charge is 2.31. The molecule has 6 nitrogen and oxygen atoms in total. The van der Waals surface area contributed by atoms with E-state index in [2.05, 4.69) is 15.4 Å². The highest BCUT2D eigenvalue weighted by Crippen LogP contribution is 2.24. The second-order valence-electron chi connectivity index (χ2n) is 5.77. The van der Waals surface area contributed by atoms with Gasteiger partial charge in [0.1, 0.15) is 5.75 Å². The smallest absolute Gasteiger partial charge is 0.406 e. The third-order valence-electron chi connectivity index (χ3n) is 3.80. The average molecular weight is 448 g/mol. The van der Waals surface area contributed by atoms with Crippen molar-refractivity contribution >= 4 is 38.7 Å². The van der Waals surface area contributed by atoms with Crippen LogP contribution in [-0.4, -0.2) is 37.3 Å². The first-order valence-electron chi connectivity index (χ1n) is 8.59. The third kappa shape index (κ3) is 6.58. The van der Waals surface area contributed by atoms with E-state index < -0.39 is 16.4 Å². The Morgan fingerprint density at radius 2 is 1.41 bits per heavy atom. The number of hydrogen-bond acceptors (Lipinski definition) is 4. The highest BCUT2D eigenvalue weighted by molar-refractivity contribution is 7.89. The van der Waals surface area contributed by atoms with Crippen LogP contribution in [0.5, 0.6) is 5.75 Å². The van der Waals surface area contributed by atoms with Gasteiger partial charge in [-0.15, -0.1) is 13.2 Å². The molecule has 2 N–H and O–H groups in total. The summed E-state index contributed by atoms with van der Waals surface area (Å²) in [7, 11) is -3.55. The summed E-state index contributed by atoms with van der Waals surface area (Å²) in [6, 6.07) is 11.2. The van der Waals surface area contributed by atoms with Gasteiger partial charge in [0, 0.05) is 24.5 Å². The van der Waals surface area contributed by atoms with Crippen molar-refractivity contribution in [3.8, 4) is 5.75 Å². The molecule has 0 radical (unpaired) electrons. The summed E-state index contributed by atoms with van der Waals surface area (Å²) in [6.45, 7) is 4.28. The maximum absolute atomic E-state index is 12.5. The molecule has 0 aromatic heterocycles. The van der Waals surface area contributed by atoms with E-state index in [4.69, 9.17) is 12.2 Å². The van der Waals surface area contributed by atoms with Gasteiger partial charge in [0.15, 0.2) is 5.11 Å². The summed E-state index contributed by atoms with van der Waals surface area (Å²) >= 11 is 5.16. The van der Waals surface area contributed by atoms with Gasteiger partial charge in [-0.1, -0.05) is 13.8 Å². The molecular formula is C18H20F3N3O3S2. The first-order valence-corrected chi connectivity index (χ1v) is 10.4. The number of ether oxygens (including phenoxy) is 1. The van der Waals surface area contributed by atoms with Crippen LogP contribution in [0.3, 0.4) is 0 Å². The average Bonchev–Trinajstić information content (AvgIpc) is 2.63. The fraction of sp³-hybridized carbons (Fsp3) is 0.278. The monoisotopic (exact) mass is 447 g/mol. The van der Waals surface area contributed by atoms with Crippen molar-refractivity contribution in [2.24, 2.45) is 0 Å². The molecule has 0 saturated carbocycles. The Morgan fingerprint density at radius 3 is 1.83 bits per heavy atom. The van der Waals surface area contributed by atoms with Gasteiger partial charge in [-0.25, -0.2) is 8.42 Å². The SMILES string of the molecule is CCN(CC)S(=O)(=O)c1ccc(NC(=S)Nc2ccc(OC(F)(F)F)cc2)cc1. The molecule has 0 bridgehead atoms. The lowest BCUT2D eigenvalue weighted by atomic mass is 10.3. The Labute approximate surface area is 172 Å². The van der Waals surface area contributed by atoms with Crippen molar-refractivity contribution in [1.29, 1.82) is 0 Å². The second kappa shape index (κ2) is 9.42. The zero-order valence-electron chi connectivity index (χ0n) is 15.7. The molecule has 0 spiro atoms. The van der Waals surface area contributed by atoms with Crippen molar-refractivity contribution < 1.29 is 26.3 Å². The Bertz CT molecular complexity index is 928. The molecule has 2 aromatic rings. The molecule has 0 amide bonds. The summed E-state index contributed by atoms with van der Waals surface area (Å²) < 4.78 is 66.6. The molecule has 0 atom stereocenters. The van der Waals surface area contributed by atoms with Crippen molar-refractivity contribution in [3.05, 3.63) is 48.5 Å². The Hall–Kier alpha value is -2.37. The molecule has 11 heteroatoms. The van der Waals surface area contributed by atoms with Crippen LogP contribution in [0, 0.1) is 0 Å². The van der Waals surface area contributed by atoms with Gasteiger partial charge in [0.05, 0.1) is 4.90 Å². The molecule has 0 aliphatic carbocycles. The number of sulfonamides is 1. The quantitative estimate of drug-likeness (QED) is 0.612. The maximum atomic E-state index is 12.5. The number of nitrogens with one attached hydrogen (secondary N) is 2. The number of rotatable bonds is 7. The van der Waals surface area contributed by atoms with Crippen molar-refractivity contribution in [2.45, 2.75) is 25.1 Å². The molecule has 0 aliphatic rings. The van der Waals surface area contributed by atoms with E-state index in [0.29, 0.717) is 24.5 Å². The van der Waals surface area contributed by atoms with Gasteiger partial charge in [0.25, 0.3) is 0 Å². The van der Waals surface area contributed by atoms with Gasteiger partial charge < -0.3 is 15.4 Å². The van der Waals surface area contributed by atoms with Crippen molar-refractivity contribution in [3.63, 3.8) is 0 Å². The standard InChI is InChI=1S/C18H20F3N3O3S2/c1-3-24(4-2)29(25,26)16-11-7-14(8-12-16)23-17(28)22-13-5-9-15(10-6-13)27-18(19,20)21/h5-12H,3-4H2,1-2H3,(H2,22,23,28). The van der Waals surface area contributed by atoms with Crippen LogP contribution in [0.2, 0.25) is 0 Å². The van der Waals surface area contributed by atoms with Crippen LogP contribution in [-0.2, 0) is 10.0 Å². The normalized spacial score (nSPS) is 11.9. The minimum atomic E-state index is -4.75. The van der Waals surface area contributed by atoms with E-state index in [0.717, 1.165) is 12.1 Å². The largest absolute Gasteiger partial charge is 0.573 e. The molecule has 158 valence electrons. The van der Waals surface area contributed by atoms with E-state index in [-0.39, 0.29) is 15.8 Å². The first-order chi connectivity index (χ1) is 13.5. The van der Waals surface area contributed by atoms with Crippen LogP contribution in [0.15, 0.2) is 53.4 Å². The van der Waals surface area contributed by atoms with Gasteiger partial charge in [-0.3, -0.25) is 0 Å². The topological polar surface area (TPSA) is 70.7 Å². The second-order valence-corrected chi connectivity index (χ2v) is 8.11. The minimum absolute atomic E-state index is 0.172. The molecule has 0 aliphatic heterocycles. The molecule has 0 saturated heterocycles. The molecule has 0 unspecified atom stereocenters. The molecular weight excluding hydrogens is 427 g/mol. The summed E-state index contributed by atoms with van der Waals surface area (Å²) in [5.74, 6) is -0.341. The number of halogens is 3. The Morgan fingerprint density at radius 1 is 0.966 bits per heavy atom. The molecule has 0 heterocycles. The Kier molecular flexibility index (Phi) is 7.44. The molecule has 2 rings (SSSR count). The van der Waals surface area contributed by atoms with Crippen LogP contribution in [0.1, 0.15) is 13.8 Å². The van der Waals surface area contributed by atoms with E-state index in [9.17, 15) is 21.6 Å².